The van der Waals surface area contributed by atoms with Gasteiger partial charge in [0.15, 0.2) is 0 Å². The molecule has 0 amide bonds. The lowest BCUT2D eigenvalue weighted by atomic mass is 9.91. The SMILES string of the molecule is CCCC(CC(=O)OCC)(N[Si](OCC)(OCC)OCC)C(=O)OCC. The molecule has 0 heterocycles. The van der Waals surface area contributed by atoms with Crippen molar-refractivity contribution in [1.29, 1.82) is 0 Å². The van der Waals surface area contributed by atoms with E-state index in [4.69, 9.17) is 22.8 Å². The molecule has 0 aliphatic rings. The van der Waals surface area contributed by atoms with Gasteiger partial charge in [0.05, 0.1) is 19.6 Å². The molecule has 1 N–H and O–H groups in total. The van der Waals surface area contributed by atoms with Gasteiger partial charge in [-0.25, -0.2) is 0 Å². The van der Waals surface area contributed by atoms with Gasteiger partial charge in [-0.3, -0.25) is 14.6 Å². The Hall–Kier alpha value is -1.00. The van der Waals surface area contributed by atoms with Crippen LogP contribution in [0.5, 0.6) is 0 Å². The summed E-state index contributed by atoms with van der Waals surface area (Å²) in [6.07, 6.45) is 0.808. The van der Waals surface area contributed by atoms with E-state index in [-0.39, 0.29) is 19.6 Å². The predicted octanol–water partition coefficient (Wildman–Crippen LogP) is 2.18. The largest absolute Gasteiger partial charge is 0.597 e. The Morgan fingerprint density at radius 3 is 1.69 bits per heavy atom. The van der Waals surface area contributed by atoms with Crippen LogP contribution in [0.2, 0.25) is 0 Å². The van der Waals surface area contributed by atoms with Crippen LogP contribution in [0.1, 0.15) is 60.8 Å². The normalized spacial score (nSPS) is 13.9. The molecule has 1 atom stereocenters. The third-order valence-corrected chi connectivity index (χ3v) is 6.28. The number of ether oxygens (including phenoxy) is 2. The first-order valence-electron chi connectivity index (χ1n) is 9.43. The third-order valence-electron chi connectivity index (χ3n) is 3.49. The standard InChI is InChI=1S/C17H35NO7Si/c1-7-13-17(16(20)22-9-3,14-15(19)21-8-2)18-26(23-10-4,24-11-5)25-12-6/h18H,7-14H2,1-6H3. The summed E-state index contributed by atoms with van der Waals surface area (Å²) >= 11 is 0. The zero-order valence-corrected chi connectivity index (χ0v) is 18.0. The predicted molar refractivity (Wildman–Crippen MR) is 99.3 cm³/mol. The third kappa shape index (κ3) is 7.71. The molecule has 9 heteroatoms. The number of carbonyl (C=O) groups is 2. The van der Waals surface area contributed by atoms with Gasteiger partial charge in [0.2, 0.25) is 0 Å². The monoisotopic (exact) mass is 393 g/mol. The van der Waals surface area contributed by atoms with Crippen molar-refractivity contribution in [3.05, 3.63) is 0 Å². The highest BCUT2D eigenvalue weighted by Crippen LogP contribution is 2.25. The second-order valence-electron chi connectivity index (χ2n) is 5.51. The maximum atomic E-state index is 12.8. The van der Waals surface area contributed by atoms with Crippen LogP contribution in [0, 0.1) is 0 Å². The van der Waals surface area contributed by atoms with Crippen LogP contribution in [-0.2, 0) is 32.3 Å². The Balaban J connectivity index is 5.94. The van der Waals surface area contributed by atoms with E-state index in [1.54, 1.807) is 13.8 Å². The van der Waals surface area contributed by atoms with E-state index in [1.165, 1.54) is 0 Å². The van der Waals surface area contributed by atoms with Gasteiger partial charge in [-0.2, -0.15) is 0 Å². The van der Waals surface area contributed by atoms with E-state index in [1.807, 2.05) is 27.7 Å². The Bertz CT molecular complexity index is 405. The highest BCUT2D eigenvalue weighted by atomic mass is 28.4. The lowest BCUT2D eigenvalue weighted by Crippen LogP contribution is -2.70. The minimum Gasteiger partial charge on any atom is -0.466 e. The average Bonchev–Trinajstić information content (AvgIpc) is 2.56. The molecular formula is C17H35NO7Si. The summed E-state index contributed by atoms with van der Waals surface area (Å²) in [5.74, 6) is -1.03. The highest BCUT2D eigenvalue weighted by Gasteiger charge is 2.54. The van der Waals surface area contributed by atoms with Crippen molar-refractivity contribution < 1.29 is 32.3 Å². The molecule has 26 heavy (non-hydrogen) atoms. The molecule has 0 fully saturated rings. The van der Waals surface area contributed by atoms with Gasteiger partial charge < -0.3 is 22.8 Å². The molecule has 0 rings (SSSR count). The second-order valence-corrected chi connectivity index (χ2v) is 7.74. The summed E-state index contributed by atoms with van der Waals surface area (Å²) in [5.41, 5.74) is -1.33. The molecule has 0 aromatic heterocycles. The van der Waals surface area contributed by atoms with E-state index in [2.05, 4.69) is 4.98 Å². The fraction of sp³-hybridized carbons (Fsp3) is 0.882. The van der Waals surface area contributed by atoms with Gasteiger partial charge in [0.25, 0.3) is 0 Å². The molecular weight excluding hydrogens is 358 g/mol. The van der Waals surface area contributed by atoms with Crippen LogP contribution in [0.25, 0.3) is 0 Å². The zero-order valence-electron chi connectivity index (χ0n) is 17.0. The molecule has 1 unspecified atom stereocenters. The Morgan fingerprint density at radius 1 is 0.808 bits per heavy atom. The summed E-state index contributed by atoms with van der Waals surface area (Å²) in [7, 11) is -3.41. The first-order valence-corrected chi connectivity index (χ1v) is 11.2. The van der Waals surface area contributed by atoms with Gasteiger partial charge in [-0.15, -0.1) is 0 Å². The molecule has 0 saturated carbocycles. The van der Waals surface area contributed by atoms with Crippen molar-refractivity contribution in [1.82, 2.24) is 4.98 Å². The molecule has 0 aromatic rings. The molecule has 0 aliphatic heterocycles. The van der Waals surface area contributed by atoms with E-state index in [0.717, 1.165) is 0 Å². The number of hydrogen-bond donors (Lipinski definition) is 1. The van der Waals surface area contributed by atoms with Crippen molar-refractivity contribution in [3.63, 3.8) is 0 Å². The van der Waals surface area contributed by atoms with Crippen LogP contribution in [-0.4, -0.2) is 59.5 Å². The molecule has 0 bridgehead atoms. The molecule has 8 nitrogen and oxygen atoms in total. The molecule has 0 spiro atoms. The smallest absolute Gasteiger partial charge is 0.466 e. The lowest BCUT2D eigenvalue weighted by molar-refractivity contribution is -0.158. The number of hydrogen-bond acceptors (Lipinski definition) is 8. The minimum absolute atomic E-state index is 0.185. The van der Waals surface area contributed by atoms with Crippen LogP contribution >= 0.6 is 0 Å². The van der Waals surface area contributed by atoms with Gasteiger partial charge in [-0.1, -0.05) is 13.3 Å². The van der Waals surface area contributed by atoms with Crippen LogP contribution in [0.4, 0.5) is 0 Å². The van der Waals surface area contributed by atoms with Gasteiger partial charge in [0.1, 0.15) is 5.54 Å². The Morgan fingerprint density at radius 2 is 1.31 bits per heavy atom. The molecule has 154 valence electrons. The van der Waals surface area contributed by atoms with E-state index >= 15 is 0 Å². The zero-order chi connectivity index (χ0) is 20.1. The molecule has 0 aromatic carbocycles. The maximum absolute atomic E-state index is 12.8. The number of carbonyl (C=O) groups excluding carboxylic acids is 2. The minimum atomic E-state index is -3.41. The van der Waals surface area contributed by atoms with Crippen molar-refractivity contribution in [3.8, 4) is 0 Å². The van der Waals surface area contributed by atoms with E-state index < -0.39 is 26.4 Å². The van der Waals surface area contributed by atoms with Crippen LogP contribution < -0.4 is 4.98 Å². The van der Waals surface area contributed by atoms with Crippen LogP contribution in [0.15, 0.2) is 0 Å². The topological polar surface area (TPSA) is 92.3 Å². The Kier molecular flexibility index (Phi) is 12.7. The van der Waals surface area contributed by atoms with Gasteiger partial charge >= 0.3 is 20.9 Å². The maximum Gasteiger partial charge on any atom is 0.597 e. The fourth-order valence-electron chi connectivity index (χ4n) is 2.67. The number of nitrogens with one attached hydrogen (secondary N) is 1. The molecule has 0 saturated heterocycles. The second kappa shape index (κ2) is 13.2. The lowest BCUT2D eigenvalue weighted by Gasteiger charge is -2.38. The first kappa shape index (κ1) is 25.0. The quantitative estimate of drug-likeness (QED) is 0.334. The van der Waals surface area contributed by atoms with E-state index in [0.29, 0.717) is 32.7 Å². The number of esters is 2. The highest BCUT2D eigenvalue weighted by molar-refractivity contribution is 6.58. The Labute approximate surface area is 158 Å². The van der Waals surface area contributed by atoms with Crippen molar-refractivity contribution in [2.24, 2.45) is 0 Å². The average molecular weight is 394 g/mol. The summed E-state index contributed by atoms with van der Waals surface area (Å²) in [6.45, 7) is 12.3. The van der Waals surface area contributed by atoms with Crippen molar-refractivity contribution in [2.75, 3.05) is 33.0 Å². The van der Waals surface area contributed by atoms with Crippen molar-refractivity contribution >= 4 is 20.9 Å². The summed E-state index contributed by atoms with van der Waals surface area (Å²) < 4.78 is 27.8. The summed E-state index contributed by atoms with van der Waals surface area (Å²) in [6, 6.07) is 0. The first-order chi connectivity index (χ1) is 12.4. The molecule has 0 radical (unpaired) electrons. The van der Waals surface area contributed by atoms with Crippen LogP contribution in [0.3, 0.4) is 0 Å². The van der Waals surface area contributed by atoms with Gasteiger partial charge in [-0.05, 0) is 41.0 Å². The number of rotatable bonds is 15. The summed E-state index contributed by atoms with van der Waals surface area (Å²) in [4.78, 5) is 28.2. The fourth-order valence-corrected chi connectivity index (χ4v) is 5.18. The summed E-state index contributed by atoms with van der Waals surface area (Å²) in [5, 5.41) is 0. The van der Waals surface area contributed by atoms with Gasteiger partial charge in [0, 0.05) is 19.8 Å². The van der Waals surface area contributed by atoms with E-state index in [9.17, 15) is 9.59 Å². The molecule has 0 aliphatic carbocycles. The van der Waals surface area contributed by atoms with Crippen molar-refractivity contribution in [2.45, 2.75) is 66.3 Å².